The van der Waals surface area contributed by atoms with Crippen molar-refractivity contribution >= 4 is 29.6 Å². The Kier molecular flexibility index (Phi) is 9.25. The molecule has 0 saturated heterocycles. The van der Waals surface area contributed by atoms with E-state index in [1.807, 2.05) is 30.3 Å². The first-order valence-electron chi connectivity index (χ1n) is 6.51. The molecule has 0 spiro atoms. The van der Waals surface area contributed by atoms with E-state index in [0.29, 0.717) is 0 Å². The van der Waals surface area contributed by atoms with Crippen LogP contribution < -0.4 is 0 Å². The molecule has 0 unspecified atom stereocenters. The Balaban J connectivity index is 0.00000256. The maximum absolute atomic E-state index is 10.7. The van der Waals surface area contributed by atoms with Crippen molar-refractivity contribution in [1.29, 1.82) is 0 Å². The van der Waals surface area contributed by atoms with Crippen LogP contribution >= 0.6 is 0 Å². The summed E-state index contributed by atoms with van der Waals surface area (Å²) in [6.45, 7) is 4.34. The molecule has 1 radical (unpaired) electrons. The molecule has 1 aromatic rings. The Morgan fingerprint density at radius 1 is 0.941 bits per heavy atom. The summed E-state index contributed by atoms with van der Waals surface area (Å²) in [4.78, 5) is 0. The number of benzene rings is 1. The predicted molar refractivity (Wildman–Crippen MR) is 75.1 cm³/mol. The standard InChI is InChI=1S/C15H24O.Na/c1-3-5-12-15(16,13-6-4-2)14-10-8-7-9-11-14;/h7-11,16H,3-6,12-13H2,1-2H3;. The molecule has 0 bridgehead atoms. The second kappa shape index (κ2) is 9.16. The minimum absolute atomic E-state index is 0. The van der Waals surface area contributed by atoms with Gasteiger partial charge in [-0.3, -0.25) is 0 Å². The fourth-order valence-electron chi connectivity index (χ4n) is 2.10. The van der Waals surface area contributed by atoms with E-state index in [9.17, 15) is 5.11 Å². The molecule has 0 saturated carbocycles. The fourth-order valence-corrected chi connectivity index (χ4v) is 2.10. The first kappa shape index (κ1) is 17.2. The van der Waals surface area contributed by atoms with Crippen LogP contribution in [0.5, 0.6) is 0 Å². The van der Waals surface area contributed by atoms with Gasteiger partial charge in [0.25, 0.3) is 0 Å². The van der Waals surface area contributed by atoms with Gasteiger partial charge in [-0.2, -0.15) is 0 Å². The van der Waals surface area contributed by atoms with Gasteiger partial charge in [0.1, 0.15) is 0 Å². The van der Waals surface area contributed by atoms with E-state index in [2.05, 4.69) is 13.8 Å². The minimum atomic E-state index is -0.604. The minimum Gasteiger partial charge on any atom is -0.385 e. The van der Waals surface area contributed by atoms with E-state index >= 15 is 0 Å². The third-order valence-electron chi connectivity index (χ3n) is 3.20. The van der Waals surface area contributed by atoms with Crippen molar-refractivity contribution in [3.05, 3.63) is 35.9 Å². The largest absolute Gasteiger partial charge is 0.385 e. The zero-order valence-corrected chi connectivity index (χ0v) is 13.6. The Bertz CT molecular complexity index is 276. The summed E-state index contributed by atoms with van der Waals surface area (Å²) < 4.78 is 0. The number of rotatable bonds is 7. The molecular formula is C15H24NaO. The van der Waals surface area contributed by atoms with Gasteiger partial charge in [-0.15, -0.1) is 0 Å². The summed E-state index contributed by atoms with van der Waals surface area (Å²) in [7, 11) is 0. The first-order chi connectivity index (χ1) is 7.73. The Morgan fingerprint density at radius 3 is 1.82 bits per heavy atom. The monoisotopic (exact) mass is 243 g/mol. The van der Waals surface area contributed by atoms with Gasteiger partial charge < -0.3 is 5.11 Å². The summed E-state index contributed by atoms with van der Waals surface area (Å²) in [6, 6.07) is 10.1. The van der Waals surface area contributed by atoms with Gasteiger partial charge in [0.2, 0.25) is 0 Å². The van der Waals surface area contributed by atoms with Crippen molar-refractivity contribution < 1.29 is 5.11 Å². The van der Waals surface area contributed by atoms with E-state index < -0.39 is 5.60 Å². The summed E-state index contributed by atoms with van der Waals surface area (Å²) in [5.74, 6) is 0. The van der Waals surface area contributed by atoms with Crippen molar-refractivity contribution in [2.24, 2.45) is 0 Å². The van der Waals surface area contributed by atoms with Crippen LogP contribution in [0.2, 0.25) is 0 Å². The van der Waals surface area contributed by atoms with Crippen molar-refractivity contribution in [1.82, 2.24) is 0 Å². The Morgan fingerprint density at radius 2 is 1.41 bits per heavy atom. The molecule has 0 fully saturated rings. The van der Waals surface area contributed by atoms with E-state index in [1.54, 1.807) is 0 Å². The molecule has 0 aliphatic rings. The van der Waals surface area contributed by atoms with Crippen molar-refractivity contribution in [3.8, 4) is 0 Å². The zero-order chi connectivity index (χ0) is 11.9. The molecule has 0 heterocycles. The third kappa shape index (κ3) is 5.56. The maximum atomic E-state index is 10.7. The SMILES string of the molecule is CCCCC(O)(CCCC)c1ccccc1.[Na]. The van der Waals surface area contributed by atoms with Crippen LogP contribution in [-0.4, -0.2) is 34.7 Å². The molecule has 1 aromatic carbocycles. The average Bonchev–Trinajstić information content (AvgIpc) is 2.35. The molecule has 17 heavy (non-hydrogen) atoms. The van der Waals surface area contributed by atoms with Crippen molar-refractivity contribution in [2.45, 2.75) is 58.0 Å². The van der Waals surface area contributed by atoms with Crippen molar-refractivity contribution in [3.63, 3.8) is 0 Å². The molecule has 0 aromatic heterocycles. The topological polar surface area (TPSA) is 20.2 Å². The Labute approximate surface area is 128 Å². The first-order valence-corrected chi connectivity index (χ1v) is 6.51. The predicted octanol–water partition coefficient (Wildman–Crippen LogP) is 3.87. The molecule has 91 valence electrons. The second-order valence-corrected chi connectivity index (χ2v) is 4.60. The zero-order valence-electron chi connectivity index (χ0n) is 11.6. The van der Waals surface area contributed by atoms with Crippen LogP contribution in [-0.2, 0) is 5.60 Å². The molecule has 1 rings (SSSR count). The summed E-state index contributed by atoms with van der Waals surface area (Å²) in [5.41, 5.74) is 0.477. The van der Waals surface area contributed by atoms with E-state index in [-0.39, 0.29) is 29.6 Å². The quantitative estimate of drug-likeness (QED) is 0.721. The van der Waals surface area contributed by atoms with E-state index in [4.69, 9.17) is 0 Å². The molecule has 2 heteroatoms. The van der Waals surface area contributed by atoms with Gasteiger partial charge in [-0.25, -0.2) is 0 Å². The number of hydrogen-bond acceptors (Lipinski definition) is 1. The van der Waals surface area contributed by atoms with E-state index in [0.717, 1.165) is 44.1 Å². The van der Waals surface area contributed by atoms with Gasteiger partial charge in [0.15, 0.2) is 0 Å². The van der Waals surface area contributed by atoms with Gasteiger partial charge in [0, 0.05) is 29.6 Å². The smallest absolute Gasteiger partial charge is 0.0896 e. The Hall–Kier alpha value is 0.180. The molecule has 1 nitrogen and oxygen atoms in total. The van der Waals surface area contributed by atoms with Crippen molar-refractivity contribution in [2.75, 3.05) is 0 Å². The molecule has 0 amide bonds. The number of hydrogen-bond donors (Lipinski definition) is 1. The van der Waals surface area contributed by atoms with E-state index in [1.165, 1.54) is 0 Å². The van der Waals surface area contributed by atoms with Gasteiger partial charge in [0.05, 0.1) is 5.60 Å². The summed E-state index contributed by atoms with van der Waals surface area (Å²) >= 11 is 0. The van der Waals surface area contributed by atoms with Crippen LogP contribution in [0.15, 0.2) is 30.3 Å². The van der Waals surface area contributed by atoms with Crippen LogP contribution in [0.4, 0.5) is 0 Å². The fraction of sp³-hybridized carbons (Fsp3) is 0.600. The summed E-state index contributed by atoms with van der Waals surface area (Å²) in [6.07, 6.45) is 6.23. The molecular weight excluding hydrogens is 219 g/mol. The maximum Gasteiger partial charge on any atom is 0.0896 e. The average molecular weight is 243 g/mol. The van der Waals surface area contributed by atoms with Crippen LogP contribution in [0.25, 0.3) is 0 Å². The van der Waals surface area contributed by atoms with Gasteiger partial charge in [-0.05, 0) is 18.4 Å². The normalized spacial score (nSPS) is 11.0. The van der Waals surface area contributed by atoms with Crippen LogP contribution in [0, 0.1) is 0 Å². The third-order valence-corrected chi connectivity index (χ3v) is 3.20. The second-order valence-electron chi connectivity index (χ2n) is 4.60. The van der Waals surface area contributed by atoms with Crippen LogP contribution in [0.3, 0.4) is 0 Å². The van der Waals surface area contributed by atoms with Gasteiger partial charge in [-0.1, -0.05) is 69.9 Å². The van der Waals surface area contributed by atoms with Gasteiger partial charge >= 0.3 is 0 Å². The molecule has 0 atom stereocenters. The molecule has 0 aliphatic carbocycles. The number of aliphatic hydroxyl groups is 1. The molecule has 0 aliphatic heterocycles. The summed E-state index contributed by atoms with van der Waals surface area (Å²) in [5, 5.41) is 10.7. The number of unbranched alkanes of at least 4 members (excludes halogenated alkanes) is 2. The van der Waals surface area contributed by atoms with Crippen LogP contribution in [0.1, 0.15) is 57.9 Å². The molecule has 1 N–H and O–H groups in total.